The minimum absolute atomic E-state index is 0.302. The molecular formula is C44H26N6O2. The molecule has 8 aromatic rings. The normalized spacial score (nSPS) is 13.6. The fourth-order valence-electron chi connectivity index (χ4n) is 7.18. The molecule has 0 saturated heterocycles. The van der Waals surface area contributed by atoms with E-state index in [1.165, 1.54) is 4.90 Å². The van der Waals surface area contributed by atoms with E-state index in [0.717, 1.165) is 44.1 Å². The van der Waals surface area contributed by atoms with Crippen LogP contribution in [0.15, 0.2) is 146 Å². The summed E-state index contributed by atoms with van der Waals surface area (Å²) in [6, 6.07) is 50.1. The molecule has 0 spiro atoms. The lowest BCUT2D eigenvalue weighted by Gasteiger charge is -2.21. The highest BCUT2D eigenvalue weighted by Crippen LogP contribution is 2.43. The van der Waals surface area contributed by atoms with E-state index in [-0.39, 0.29) is 5.91 Å². The minimum Gasteiger partial charge on any atom is -0.369 e. The van der Waals surface area contributed by atoms with E-state index in [2.05, 4.69) is 26.7 Å². The van der Waals surface area contributed by atoms with Gasteiger partial charge in [0.25, 0.3) is 5.91 Å². The van der Waals surface area contributed by atoms with Gasteiger partial charge in [-0.2, -0.15) is 10.5 Å². The first-order valence-corrected chi connectivity index (χ1v) is 16.7. The topological polar surface area (TPSA) is 119 Å². The van der Waals surface area contributed by atoms with Crippen molar-refractivity contribution in [1.29, 1.82) is 10.5 Å². The summed E-state index contributed by atoms with van der Waals surface area (Å²) in [4.78, 5) is 24.9. The van der Waals surface area contributed by atoms with Gasteiger partial charge < -0.3 is 9.67 Å². The highest BCUT2D eigenvalue weighted by atomic mass is 16.3. The summed E-state index contributed by atoms with van der Waals surface area (Å²) in [7, 11) is 0. The molecule has 0 radical (unpaired) electrons. The van der Waals surface area contributed by atoms with Crippen molar-refractivity contribution < 1.29 is 9.90 Å². The smallest absolute Gasteiger partial charge is 0.263 e. The maximum Gasteiger partial charge on any atom is 0.263 e. The molecule has 1 atom stereocenters. The third-order valence-corrected chi connectivity index (χ3v) is 9.61. The van der Waals surface area contributed by atoms with Gasteiger partial charge >= 0.3 is 0 Å². The maximum atomic E-state index is 14.4. The number of nitriles is 2. The molecular weight excluding hydrogens is 645 g/mol. The van der Waals surface area contributed by atoms with Gasteiger partial charge in [-0.3, -0.25) is 9.69 Å². The minimum atomic E-state index is -1.17. The van der Waals surface area contributed by atoms with Gasteiger partial charge in [-0.25, -0.2) is 9.97 Å². The van der Waals surface area contributed by atoms with Crippen LogP contribution in [-0.2, 0) is 0 Å². The molecule has 8 heteroatoms. The molecule has 4 heterocycles. The summed E-state index contributed by atoms with van der Waals surface area (Å²) in [5.41, 5.74) is 9.54. The van der Waals surface area contributed by atoms with Gasteiger partial charge in [0.05, 0.1) is 33.7 Å². The van der Waals surface area contributed by atoms with E-state index in [4.69, 9.17) is 0 Å². The SMILES string of the molecule is N#Cc1cccc(-c2ccc3c(c2)c2cc(-c4cccc(C#N)n4)ccc2n3-c2cccc3c2C(=O)N(c2ccc(-c4ccccc4)cc2)C3O)n1. The lowest BCUT2D eigenvalue weighted by Crippen LogP contribution is -2.27. The van der Waals surface area contributed by atoms with Gasteiger partial charge in [0, 0.05) is 33.2 Å². The Morgan fingerprint density at radius 3 is 1.69 bits per heavy atom. The first-order valence-electron chi connectivity index (χ1n) is 16.7. The molecule has 1 amide bonds. The number of aliphatic hydroxyl groups excluding tert-OH is 1. The molecule has 8 nitrogen and oxygen atoms in total. The van der Waals surface area contributed by atoms with Gasteiger partial charge in [-0.1, -0.05) is 78.9 Å². The largest absolute Gasteiger partial charge is 0.369 e. The zero-order valence-electron chi connectivity index (χ0n) is 27.5. The van der Waals surface area contributed by atoms with Crippen LogP contribution in [0.25, 0.3) is 61.1 Å². The summed E-state index contributed by atoms with van der Waals surface area (Å²) < 4.78 is 2.06. The standard InChI is InChI=1S/C44H26N6O2/c45-25-31-9-4-12-37(47-31)29-17-21-39-35(23-29)36-24-30(38-13-5-10-32(26-46)48-38)18-22-40(36)50(39)41-14-6-11-34-42(41)44(52)49(43(34)51)33-19-15-28(16-20-33)27-7-2-1-3-8-27/h1-24,43,51H. The number of benzene rings is 5. The Hall–Kier alpha value is -7.39. The second kappa shape index (κ2) is 12.2. The van der Waals surface area contributed by atoms with Crippen molar-refractivity contribution in [3.05, 3.63) is 168 Å². The number of amides is 1. The number of pyridine rings is 2. The number of aliphatic hydroxyl groups is 1. The van der Waals surface area contributed by atoms with Crippen molar-refractivity contribution in [3.63, 3.8) is 0 Å². The van der Waals surface area contributed by atoms with E-state index < -0.39 is 6.23 Å². The van der Waals surface area contributed by atoms with Crippen molar-refractivity contribution >= 4 is 33.4 Å². The first-order chi connectivity index (χ1) is 25.5. The predicted octanol–water partition coefficient (Wildman–Crippen LogP) is 8.97. The Balaban J connectivity index is 1.22. The van der Waals surface area contributed by atoms with Crippen LogP contribution >= 0.6 is 0 Å². The fourth-order valence-corrected chi connectivity index (χ4v) is 7.18. The highest BCUT2D eigenvalue weighted by Gasteiger charge is 2.39. The van der Waals surface area contributed by atoms with Gasteiger partial charge in [-0.15, -0.1) is 0 Å². The van der Waals surface area contributed by atoms with Crippen LogP contribution in [0.4, 0.5) is 5.69 Å². The van der Waals surface area contributed by atoms with Gasteiger partial charge in [0.15, 0.2) is 6.23 Å². The van der Waals surface area contributed by atoms with E-state index in [0.29, 0.717) is 45.3 Å². The first kappa shape index (κ1) is 30.7. The Kier molecular flexibility index (Phi) is 7.18. The molecule has 3 aromatic heterocycles. The molecule has 0 aliphatic carbocycles. The molecule has 0 saturated carbocycles. The van der Waals surface area contributed by atoms with Crippen molar-refractivity contribution in [3.8, 4) is 51.5 Å². The third kappa shape index (κ3) is 4.91. The zero-order chi connectivity index (χ0) is 35.3. The van der Waals surface area contributed by atoms with Gasteiger partial charge in [0.1, 0.15) is 23.5 Å². The Morgan fingerprint density at radius 2 is 1.12 bits per heavy atom. The van der Waals surface area contributed by atoms with Crippen LogP contribution < -0.4 is 4.90 Å². The van der Waals surface area contributed by atoms with Crippen LogP contribution in [0.3, 0.4) is 0 Å². The van der Waals surface area contributed by atoms with Crippen molar-refractivity contribution in [1.82, 2.24) is 14.5 Å². The number of carbonyl (C=O) groups excluding carboxylic acids is 1. The van der Waals surface area contributed by atoms with E-state index >= 15 is 0 Å². The lowest BCUT2D eigenvalue weighted by molar-refractivity contribution is 0.0935. The maximum absolute atomic E-state index is 14.4. The summed E-state index contributed by atoms with van der Waals surface area (Å²) in [6.07, 6.45) is -1.17. The molecule has 1 aliphatic rings. The molecule has 244 valence electrons. The van der Waals surface area contributed by atoms with E-state index in [9.17, 15) is 20.4 Å². The van der Waals surface area contributed by atoms with E-state index in [1.54, 1.807) is 18.2 Å². The van der Waals surface area contributed by atoms with Crippen molar-refractivity contribution in [2.45, 2.75) is 6.23 Å². The molecule has 0 bridgehead atoms. The Labute approximate surface area is 298 Å². The molecule has 1 N–H and O–H groups in total. The van der Waals surface area contributed by atoms with Gasteiger partial charge in [0.2, 0.25) is 0 Å². The van der Waals surface area contributed by atoms with Crippen LogP contribution in [0, 0.1) is 22.7 Å². The number of nitrogens with zero attached hydrogens (tertiary/aromatic N) is 6. The number of hydrogen-bond donors (Lipinski definition) is 1. The number of fused-ring (bicyclic) bond motifs is 4. The summed E-state index contributed by atoms with van der Waals surface area (Å²) >= 11 is 0. The lowest BCUT2D eigenvalue weighted by atomic mass is 10.0. The van der Waals surface area contributed by atoms with Gasteiger partial charge in [-0.05, 0) is 77.9 Å². The number of aromatic nitrogens is 3. The van der Waals surface area contributed by atoms with Crippen LogP contribution in [0.2, 0.25) is 0 Å². The van der Waals surface area contributed by atoms with Crippen LogP contribution in [0.5, 0.6) is 0 Å². The quantitative estimate of drug-likeness (QED) is 0.195. The molecule has 9 rings (SSSR count). The number of anilines is 1. The average molecular weight is 671 g/mol. The molecule has 5 aromatic carbocycles. The van der Waals surface area contributed by atoms with Crippen molar-refractivity contribution in [2.24, 2.45) is 0 Å². The molecule has 1 aliphatic heterocycles. The van der Waals surface area contributed by atoms with Crippen LogP contribution in [0.1, 0.15) is 33.5 Å². The summed E-state index contributed by atoms with van der Waals surface area (Å²) in [5, 5.41) is 32.4. The zero-order valence-corrected chi connectivity index (χ0v) is 27.5. The Morgan fingerprint density at radius 1 is 0.577 bits per heavy atom. The second-order valence-corrected chi connectivity index (χ2v) is 12.5. The third-order valence-electron chi connectivity index (χ3n) is 9.61. The summed E-state index contributed by atoms with van der Waals surface area (Å²) in [5.74, 6) is -0.302. The Bertz CT molecular complexity index is 2700. The summed E-state index contributed by atoms with van der Waals surface area (Å²) in [6.45, 7) is 0. The number of carbonyl (C=O) groups is 1. The fraction of sp³-hybridized carbons (Fsp3) is 0.0227. The monoisotopic (exact) mass is 670 g/mol. The molecule has 0 fully saturated rings. The molecule has 52 heavy (non-hydrogen) atoms. The number of rotatable bonds is 5. The predicted molar refractivity (Wildman–Crippen MR) is 200 cm³/mol. The molecule has 1 unspecified atom stereocenters. The number of hydrogen-bond acceptors (Lipinski definition) is 6. The van der Waals surface area contributed by atoms with Crippen molar-refractivity contribution in [2.75, 3.05) is 4.90 Å². The highest BCUT2D eigenvalue weighted by molar-refractivity contribution is 6.16. The average Bonchev–Trinajstić information content (AvgIpc) is 3.67. The second-order valence-electron chi connectivity index (χ2n) is 12.5. The van der Waals surface area contributed by atoms with E-state index in [1.807, 2.05) is 127 Å². The van der Waals surface area contributed by atoms with Crippen LogP contribution in [-0.4, -0.2) is 25.5 Å².